The van der Waals surface area contributed by atoms with E-state index in [1.807, 2.05) is 0 Å². The Morgan fingerprint density at radius 2 is 2.40 bits per heavy atom. The van der Waals surface area contributed by atoms with Gasteiger partial charge in [-0.3, -0.25) is 10.2 Å². The molecule has 0 saturated carbocycles. The third-order valence-electron chi connectivity index (χ3n) is 0.904. The SMILES string of the molecule is CC(=N)NCC(N)C(=O)O. The predicted octanol–water partition coefficient (Wildman–Crippen LogP) is -1.01. The summed E-state index contributed by atoms with van der Waals surface area (Å²) >= 11 is 0. The molecule has 0 spiro atoms. The second-order valence-corrected chi connectivity index (χ2v) is 1.95. The van der Waals surface area contributed by atoms with E-state index in [-0.39, 0.29) is 12.4 Å². The summed E-state index contributed by atoms with van der Waals surface area (Å²) in [5.74, 6) is -0.842. The number of rotatable bonds is 3. The van der Waals surface area contributed by atoms with E-state index in [0.29, 0.717) is 0 Å². The molecule has 5 heteroatoms. The number of nitrogens with one attached hydrogen (secondary N) is 2. The van der Waals surface area contributed by atoms with Crippen molar-refractivity contribution in [3.05, 3.63) is 0 Å². The number of nitrogens with two attached hydrogens (primary N) is 1. The summed E-state index contributed by atoms with van der Waals surface area (Å²) in [5.41, 5.74) is 5.11. The molecule has 0 bridgehead atoms. The molecule has 1 unspecified atom stereocenters. The van der Waals surface area contributed by atoms with Gasteiger partial charge in [0.2, 0.25) is 0 Å². The summed E-state index contributed by atoms with van der Waals surface area (Å²) < 4.78 is 0. The van der Waals surface area contributed by atoms with Crippen LogP contribution in [0.25, 0.3) is 0 Å². The van der Waals surface area contributed by atoms with E-state index in [2.05, 4.69) is 5.32 Å². The second-order valence-electron chi connectivity index (χ2n) is 1.95. The minimum absolute atomic E-state index is 0.102. The van der Waals surface area contributed by atoms with Gasteiger partial charge in [0.05, 0.1) is 5.84 Å². The molecule has 0 amide bonds. The van der Waals surface area contributed by atoms with Crippen LogP contribution in [0.15, 0.2) is 0 Å². The van der Waals surface area contributed by atoms with Crippen LogP contribution >= 0.6 is 0 Å². The van der Waals surface area contributed by atoms with Crippen molar-refractivity contribution in [2.24, 2.45) is 5.73 Å². The second kappa shape index (κ2) is 3.84. The minimum atomic E-state index is -1.06. The Balaban J connectivity index is 3.49. The van der Waals surface area contributed by atoms with Gasteiger partial charge in [-0.25, -0.2) is 0 Å². The van der Waals surface area contributed by atoms with Crippen molar-refractivity contribution >= 4 is 11.8 Å². The molecule has 0 aliphatic rings. The van der Waals surface area contributed by atoms with E-state index in [9.17, 15) is 4.79 Å². The number of hydrogen-bond acceptors (Lipinski definition) is 3. The first kappa shape index (κ1) is 8.90. The Hall–Kier alpha value is -1.10. The molecular formula is C5H11N3O2. The van der Waals surface area contributed by atoms with Crippen LogP contribution in [0, 0.1) is 5.41 Å². The maximum Gasteiger partial charge on any atom is 0.322 e. The Labute approximate surface area is 58.7 Å². The van der Waals surface area contributed by atoms with Crippen molar-refractivity contribution in [1.29, 1.82) is 5.41 Å². The van der Waals surface area contributed by atoms with Crippen molar-refractivity contribution in [2.45, 2.75) is 13.0 Å². The summed E-state index contributed by atoms with van der Waals surface area (Å²) in [6.07, 6.45) is 0. The average molecular weight is 145 g/mol. The Morgan fingerprint density at radius 3 is 2.70 bits per heavy atom. The zero-order chi connectivity index (χ0) is 8.15. The van der Waals surface area contributed by atoms with Crippen LogP contribution in [0.4, 0.5) is 0 Å². The van der Waals surface area contributed by atoms with Crippen LogP contribution in [-0.4, -0.2) is 29.5 Å². The normalized spacial score (nSPS) is 12.2. The fourth-order valence-electron chi connectivity index (χ4n) is 0.350. The molecule has 5 N–H and O–H groups in total. The molecule has 0 heterocycles. The van der Waals surface area contributed by atoms with Crippen molar-refractivity contribution in [1.82, 2.24) is 5.32 Å². The van der Waals surface area contributed by atoms with E-state index >= 15 is 0 Å². The van der Waals surface area contributed by atoms with E-state index in [1.54, 1.807) is 0 Å². The molecule has 0 aromatic heterocycles. The van der Waals surface area contributed by atoms with E-state index < -0.39 is 12.0 Å². The predicted molar refractivity (Wildman–Crippen MR) is 37.0 cm³/mol. The van der Waals surface area contributed by atoms with E-state index in [4.69, 9.17) is 16.2 Å². The Kier molecular flexibility index (Phi) is 3.42. The molecule has 0 saturated heterocycles. The highest BCUT2D eigenvalue weighted by Gasteiger charge is 2.09. The molecule has 0 aliphatic heterocycles. The van der Waals surface area contributed by atoms with Gasteiger partial charge in [-0.15, -0.1) is 0 Å². The lowest BCUT2D eigenvalue weighted by Crippen LogP contribution is -2.41. The van der Waals surface area contributed by atoms with Crippen molar-refractivity contribution in [3.63, 3.8) is 0 Å². The third-order valence-corrected chi connectivity index (χ3v) is 0.904. The number of amidine groups is 1. The highest BCUT2D eigenvalue weighted by atomic mass is 16.4. The fraction of sp³-hybridized carbons (Fsp3) is 0.600. The molecule has 5 nitrogen and oxygen atoms in total. The molecule has 0 radical (unpaired) electrons. The van der Waals surface area contributed by atoms with Crippen LogP contribution in [0.5, 0.6) is 0 Å². The number of hydrogen-bond donors (Lipinski definition) is 4. The van der Waals surface area contributed by atoms with Crippen LogP contribution in [0.2, 0.25) is 0 Å². The van der Waals surface area contributed by atoms with Crippen LogP contribution in [0.1, 0.15) is 6.92 Å². The Bertz CT molecular complexity index is 146. The topological polar surface area (TPSA) is 99.2 Å². The third kappa shape index (κ3) is 3.85. The van der Waals surface area contributed by atoms with Crippen LogP contribution in [-0.2, 0) is 4.79 Å². The van der Waals surface area contributed by atoms with Gasteiger partial charge in [0.15, 0.2) is 0 Å². The minimum Gasteiger partial charge on any atom is -0.480 e. The highest BCUT2D eigenvalue weighted by molar-refractivity contribution is 5.78. The Morgan fingerprint density at radius 1 is 1.90 bits per heavy atom. The molecule has 0 fully saturated rings. The first-order valence-corrected chi connectivity index (χ1v) is 2.81. The van der Waals surface area contributed by atoms with Crippen LogP contribution < -0.4 is 11.1 Å². The number of carboxylic acids is 1. The number of carboxylic acid groups (broad SMARTS) is 1. The number of carbonyl (C=O) groups is 1. The van der Waals surface area contributed by atoms with Gasteiger partial charge in [0, 0.05) is 6.54 Å². The maximum absolute atomic E-state index is 10.1. The average Bonchev–Trinajstić information content (AvgIpc) is 1.82. The van der Waals surface area contributed by atoms with Gasteiger partial charge in [0.25, 0.3) is 0 Å². The van der Waals surface area contributed by atoms with Gasteiger partial charge in [0.1, 0.15) is 6.04 Å². The quantitative estimate of drug-likeness (QED) is 0.302. The summed E-state index contributed by atoms with van der Waals surface area (Å²) in [6, 6.07) is -0.930. The van der Waals surface area contributed by atoms with Crippen LogP contribution in [0.3, 0.4) is 0 Å². The molecule has 0 aromatic rings. The summed E-state index contributed by atoms with van der Waals surface area (Å²) in [4.78, 5) is 10.1. The van der Waals surface area contributed by atoms with Crippen molar-refractivity contribution in [3.8, 4) is 0 Å². The van der Waals surface area contributed by atoms with Gasteiger partial charge in [-0.2, -0.15) is 0 Å². The zero-order valence-corrected chi connectivity index (χ0v) is 5.72. The lowest BCUT2D eigenvalue weighted by molar-refractivity contribution is -0.138. The fourth-order valence-corrected chi connectivity index (χ4v) is 0.350. The highest BCUT2D eigenvalue weighted by Crippen LogP contribution is 1.74. The van der Waals surface area contributed by atoms with E-state index in [1.165, 1.54) is 6.92 Å². The van der Waals surface area contributed by atoms with Gasteiger partial charge in [-0.05, 0) is 6.92 Å². The maximum atomic E-state index is 10.1. The van der Waals surface area contributed by atoms with Crippen molar-refractivity contribution < 1.29 is 9.90 Å². The van der Waals surface area contributed by atoms with Crippen molar-refractivity contribution in [2.75, 3.05) is 6.54 Å². The van der Waals surface area contributed by atoms with E-state index in [0.717, 1.165) is 0 Å². The number of aliphatic carboxylic acids is 1. The first-order valence-electron chi connectivity index (χ1n) is 2.81. The first-order chi connectivity index (χ1) is 4.54. The molecule has 0 rings (SSSR count). The smallest absolute Gasteiger partial charge is 0.322 e. The standard InChI is InChI=1S/C5H11N3O2/c1-3(6)8-2-4(7)5(9)10/h4H,2,7H2,1H3,(H2,6,8)(H,9,10). The van der Waals surface area contributed by atoms with Gasteiger partial charge >= 0.3 is 5.97 Å². The molecule has 0 aliphatic carbocycles. The zero-order valence-electron chi connectivity index (χ0n) is 5.72. The molecule has 0 aromatic carbocycles. The van der Waals surface area contributed by atoms with Gasteiger partial charge in [-0.1, -0.05) is 0 Å². The lowest BCUT2D eigenvalue weighted by Gasteiger charge is -2.06. The molecule has 10 heavy (non-hydrogen) atoms. The molecular weight excluding hydrogens is 134 g/mol. The summed E-state index contributed by atoms with van der Waals surface area (Å²) in [5, 5.41) is 17.6. The largest absolute Gasteiger partial charge is 0.480 e. The molecule has 1 atom stereocenters. The van der Waals surface area contributed by atoms with Gasteiger partial charge < -0.3 is 16.2 Å². The summed E-state index contributed by atoms with van der Waals surface area (Å²) in [7, 11) is 0. The summed E-state index contributed by atoms with van der Waals surface area (Å²) in [6.45, 7) is 1.62. The lowest BCUT2D eigenvalue weighted by atomic mass is 10.3. The monoisotopic (exact) mass is 145 g/mol. The molecule has 58 valence electrons.